The van der Waals surface area contributed by atoms with Crippen LogP contribution in [0, 0.1) is 0 Å². The van der Waals surface area contributed by atoms with Gasteiger partial charge in [0, 0.05) is 76.3 Å². The van der Waals surface area contributed by atoms with Crippen molar-refractivity contribution in [2.24, 2.45) is 0 Å². The summed E-state index contributed by atoms with van der Waals surface area (Å²) in [7, 11) is 3.83. The fraction of sp³-hybridized carbons (Fsp3) is 0.581. The van der Waals surface area contributed by atoms with Crippen LogP contribution in [0.1, 0.15) is 31.4 Å². The number of piperidine rings is 1. The van der Waals surface area contributed by atoms with Crippen LogP contribution < -0.4 is 20.7 Å². The van der Waals surface area contributed by atoms with Crippen molar-refractivity contribution < 1.29 is 22.6 Å². The maximum absolute atomic E-state index is 13.6. The molecule has 0 bridgehead atoms. The van der Waals surface area contributed by atoms with Crippen LogP contribution >= 0.6 is 0 Å². The molecule has 3 saturated heterocycles. The van der Waals surface area contributed by atoms with Gasteiger partial charge in [-0.1, -0.05) is 6.07 Å². The average Bonchev–Trinajstić information content (AvgIpc) is 3.02. The number of aromatic nitrogens is 3. The number of ether oxygens (including phenoxy) is 2. The van der Waals surface area contributed by atoms with Crippen LogP contribution in [0.15, 0.2) is 24.4 Å². The molecule has 1 aromatic carbocycles. The van der Waals surface area contributed by atoms with Crippen molar-refractivity contribution in [3.8, 4) is 16.9 Å². The summed E-state index contributed by atoms with van der Waals surface area (Å²) in [5.41, 5.74) is 8.89. The van der Waals surface area contributed by atoms with E-state index in [0.717, 1.165) is 63.4 Å². The Morgan fingerprint density at radius 2 is 1.73 bits per heavy atom. The zero-order valence-corrected chi connectivity index (χ0v) is 25.4. The zero-order chi connectivity index (χ0) is 30.8. The van der Waals surface area contributed by atoms with E-state index >= 15 is 0 Å². The molecule has 3 aromatic rings. The Labute approximate surface area is 255 Å². The van der Waals surface area contributed by atoms with Crippen molar-refractivity contribution in [2.45, 2.75) is 50.4 Å². The van der Waals surface area contributed by atoms with Crippen molar-refractivity contribution in [3.05, 3.63) is 30.1 Å². The summed E-state index contributed by atoms with van der Waals surface area (Å²) < 4.78 is 52.0. The van der Waals surface area contributed by atoms with Gasteiger partial charge in [0.25, 0.3) is 0 Å². The second-order valence-corrected chi connectivity index (χ2v) is 12.0. The fourth-order valence-electron chi connectivity index (χ4n) is 6.53. The summed E-state index contributed by atoms with van der Waals surface area (Å²) in [6.07, 6.45) is -0.553. The molecule has 3 aliphatic heterocycles. The number of rotatable bonds is 7. The third kappa shape index (κ3) is 6.79. The van der Waals surface area contributed by atoms with E-state index in [2.05, 4.69) is 37.0 Å². The quantitative estimate of drug-likeness (QED) is 0.403. The molecule has 0 unspecified atom stereocenters. The van der Waals surface area contributed by atoms with Crippen LogP contribution in [-0.2, 0) is 11.2 Å². The number of alkyl halides is 3. The van der Waals surface area contributed by atoms with E-state index < -0.39 is 12.6 Å². The van der Waals surface area contributed by atoms with Crippen molar-refractivity contribution in [1.82, 2.24) is 24.8 Å². The Bertz CT molecular complexity index is 1450. The first kappa shape index (κ1) is 30.6. The van der Waals surface area contributed by atoms with Crippen LogP contribution in [-0.4, -0.2) is 110 Å². The normalized spacial score (nSPS) is 19.9. The van der Waals surface area contributed by atoms with Gasteiger partial charge in [-0.15, -0.1) is 0 Å². The number of piperazine rings is 1. The molecule has 44 heavy (non-hydrogen) atoms. The highest BCUT2D eigenvalue weighted by Crippen LogP contribution is 2.38. The van der Waals surface area contributed by atoms with Crippen molar-refractivity contribution in [1.29, 1.82) is 0 Å². The number of nitrogens with one attached hydrogen (secondary N) is 1. The van der Waals surface area contributed by atoms with E-state index in [9.17, 15) is 13.2 Å². The Kier molecular flexibility index (Phi) is 8.97. The minimum atomic E-state index is -4.46. The van der Waals surface area contributed by atoms with E-state index in [1.54, 1.807) is 13.3 Å². The molecule has 6 rings (SSSR count). The molecule has 0 spiro atoms. The lowest BCUT2D eigenvalue weighted by molar-refractivity contribution is -0.127. The Hall–Kier alpha value is -3.42. The van der Waals surface area contributed by atoms with Crippen LogP contribution in [0.5, 0.6) is 5.75 Å². The highest BCUT2D eigenvalue weighted by molar-refractivity contribution is 5.97. The van der Waals surface area contributed by atoms with Gasteiger partial charge in [0.2, 0.25) is 0 Å². The Morgan fingerprint density at radius 3 is 2.41 bits per heavy atom. The van der Waals surface area contributed by atoms with Gasteiger partial charge in [0.05, 0.1) is 24.9 Å². The number of nitrogens with zero attached hydrogens (tertiary/aromatic N) is 6. The SMILES string of the molecule is COc1cc(-c2cnc(N)c3nc(CC(F)(F)F)c(NC4CCOCC4)nc23)ccc1N1CCC(N2CCN(C)CC2)CC1. The molecule has 10 nitrogen and oxygen atoms in total. The molecule has 5 heterocycles. The molecule has 0 saturated carbocycles. The summed E-state index contributed by atoms with van der Waals surface area (Å²) in [5, 5.41) is 3.21. The maximum atomic E-state index is 13.6. The van der Waals surface area contributed by atoms with Crippen molar-refractivity contribution in [2.75, 3.05) is 82.6 Å². The molecule has 13 heteroatoms. The van der Waals surface area contributed by atoms with Gasteiger partial charge in [-0.05, 0) is 50.4 Å². The molecular weight excluding hydrogens is 573 g/mol. The van der Waals surface area contributed by atoms with Crippen molar-refractivity contribution in [3.63, 3.8) is 0 Å². The second kappa shape index (κ2) is 12.9. The predicted molar refractivity (Wildman–Crippen MR) is 165 cm³/mol. The lowest BCUT2D eigenvalue weighted by Crippen LogP contribution is -2.52. The highest BCUT2D eigenvalue weighted by Gasteiger charge is 2.32. The van der Waals surface area contributed by atoms with E-state index in [1.165, 1.54) is 0 Å². The molecule has 3 N–H and O–H groups in total. The molecule has 3 aliphatic rings. The lowest BCUT2D eigenvalue weighted by atomic mass is 10.00. The van der Waals surface area contributed by atoms with Crippen LogP contribution in [0.3, 0.4) is 0 Å². The van der Waals surface area contributed by atoms with Gasteiger partial charge >= 0.3 is 6.18 Å². The lowest BCUT2D eigenvalue weighted by Gasteiger charge is -2.42. The van der Waals surface area contributed by atoms with Gasteiger partial charge < -0.3 is 30.3 Å². The number of hydrogen-bond acceptors (Lipinski definition) is 10. The van der Waals surface area contributed by atoms with E-state index in [4.69, 9.17) is 20.2 Å². The molecule has 0 amide bonds. The molecule has 3 fully saturated rings. The number of halogens is 3. The van der Waals surface area contributed by atoms with Gasteiger partial charge in [-0.25, -0.2) is 15.0 Å². The zero-order valence-electron chi connectivity index (χ0n) is 25.4. The first-order valence-electron chi connectivity index (χ1n) is 15.4. The maximum Gasteiger partial charge on any atom is 0.394 e. The molecule has 2 aromatic heterocycles. The third-order valence-electron chi connectivity index (χ3n) is 9.08. The summed E-state index contributed by atoms with van der Waals surface area (Å²) in [4.78, 5) is 20.8. The van der Waals surface area contributed by atoms with Gasteiger partial charge in [0.15, 0.2) is 5.82 Å². The number of pyridine rings is 1. The first-order valence-corrected chi connectivity index (χ1v) is 15.4. The number of likely N-dealkylation sites (N-methyl/N-ethyl adjacent to an activating group) is 1. The van der Waals surface area contributed by atoms with Crippen LogP contribution in [0.2, 0.25) is 0 Å². The van der Waals surface area contributed by atoms with E-state index in [1.807, 2.05) is 18.2 Å². The number of benzene rings is 1. The molecule has 0 radical (unpaired) electrons. The minimum Gasteiger partial charge on any atom is -0.495 e. The summed E-state index contributed by atoms with van der Waals surface area (Å²) in [6.45, 7) is 7.42. The van der Waals surface area contributed by atoms with Gasteiger partial charge in [-0.3, -0.25) is 4.90 Å². The van der Waals surface area contributed by atoms with E-state index in [-0.39, 0.29) is 28.9 Å². The number of methoxy groups -OCH3 is 1. The van der Waals surface area contributed by atoms with Gasteiger partial charge in [0.1, 0.15) is 22.6 Å². The number of hydrogen-bond donors (Lipinski definition) is 2. The minimum absolute atomic E-state index is 0.0316. The second-order valence-electron chi connectivity index (χ2n) is 12.0. The molecular formula is C31H41F3N8O2. The smallest absolute Gasteiger partial charge is 0.394 e. The predicted octanol–water partition coefficient (Wildman–Crippen LogP) is 4.19. The number of nitrogens with two attached hydrogens (primary N) is 1. The number of fused-ring (bicyclic) bond motifs is 1. The van der Waals surface area contributed by atoms with Gasteiger partial charge in [-0.2, -0.15) is 13.2 Å². The molecule has 0 atom stereocenters. The van der Waals surface area contributed by atoms with E-state index in [0.29, 0.717) is 48.9 Å². The average molecular weight is 615 g/mol. The highest BCUT2D eigenvalue weighted by atomic mass is 19.4. The summed E-state index contributed by atoms with van der Waals surface area (Å²) in [5.74, 6) is 0.859. The third-order valence-corrected chi connectivity index (χ3v) is 9.08. The Balaban J connectivity index is 1.29. The number of anilines is 3. The van der Waals surface area contributed by atoms with Crippen LogP contribution in [0.4, 0.5) is 30.5 Å². The van der Waals surface area contributed by atoms with Crippen LogP contribution in [0.25, 0.3) is 22.2 Å². The first-order chi connectivity index (χ1) is 21.2. The fourth-order valence-corrected chi connectivity index (χ4v) is 6.53. The molecule has 238 valence electrons. The van der Waals surface area contributed by atoms with Crippen molar-refractivity contribution >= 4 is 28.4 Å². The molecule has 0 aliphatic carbocycles. The topological polar surface area (TPSA) is 105 Å². The summed E-state index contributed by atoms with van der Waals surface area (Å²) in [6, 6.07) is 6.49. The Morgan fingerprint density at radius 1 is 1.00 bits per heavy atom. The number of nitrogen functional groups attached to an aromatic ring is 1. The largest absolute Gasteiger partial charge is 0.495 e. The standard InChI is InChI=1S/C31H41F3N8O2/c1-40-11-13-41(14-12-40)22-5-9-42(10-6-22)25-4-3-20(17-26(25)43-2)23-19-36-29(35)28-27(23)39-30(24(38-28)18-31(32,33)34)37-21-7-15-44-16-8-21/h3-4,17,19,21-22H,5-16,18H2,1-2H3,(H2,35,36)(H,37,39). The summed E-state index contributed by atoms with van der Waals surface area (Å²) >= 11 is 0. The monoisotopic (exact) mass is 614 g/mol.